The predicted octanol–water partition coefficient (Wildman–Crippen LogP) is 4.31. The van der Waals surface area contributed by atoms with E-state index in [4.69, 9.17) is 0 Å². The molecule has 1 aliphatic carbocycles. The first kappa shape index (κ1) is 20.8. The van der Waals surface area contributed by atoms with Crippen LogP contribution in [-0.2, 0) is 27.7 Å². The van der Waals surface area contributed by atoms with E-state index in [2.05, 4.69) is 21.0 Å². The van der Waals surface area contributed by atoms with E-state index in [-0.39, 0.29) is 0 Å². The minimum Gasteiger partial charge on any atom is -0.372 e. The summed E-state index contributed by atoms with van der Waals surface area (Å²) in [6.45, 7) is 2.06. The molecule has 6 nitrogen and oxygen atoms in total. The van der Waals surface area contributed by atoms with Gasteiger partial charge in [0.25, 0.3) is 0 Å². The van der Waals surface area contributed by atoms with Crippen LogP contribution < -0.4 is 14.9 Å². The van der Waals surface area contributed by atoms with Crippen LogP contribution in [0.25, 0.3) is 10.8 Å². The summed E-state index contributed by atoms with van der Waals surface area (Å²) in [4.78, 5) is 14.9. The Bertz CT molecular complexity index is 1250. The summed E-state index contributed by atoms with van der Waals surface area (Å²) in [7, 11) is -3.82. The number of carbonyl (C=O) groups is 1. The maximum absolute atomic E-state index is 12.6. The van der Waals surface area contributed by atoms with E-state index >= 15 is 0 Å². The van der Waals surface area contributed by atoms with Crippen molar-refractivity contribution in [2.75, 3.05) is 33.8 Å². The van der Waals surface area contributed by atoms with E-state index in [1.54, 1.807) is 12.1 Å². The van der Waals surface area contributed by atoms with Crippen LogP contribution in [-0.4, -0.2) is 33.2 Å². The molecule has 1 saturated heterocycles. The van der Waals surface area contributed by atoms with Gasteiger partial charge in [0.1, 0.15) is 5.75 Å². The van der Waals surface area contributed by atoms with Crippen LogP contribution in [0.1, 0.15) is 30.4 Å². The molecule has 0 atom stereocenters. The Labute approximate surface area is 188 Å². The number of anilines is 3. The summed E-state index contributed by atoms with van der Waals surface area (Å²) < 4.78 is 27.7. The van der Waals surface area contributed by atoms with Gasteiger partial charge >= 0.3 is 0 Å². The molecule has 1 amide bonds. The molecule has 32 heavy (non-hydrogen) atoms. The number of aryl methyl sites for hydroxylation is 2. The molecule has 3 aromatic rings. The summed E-state index contributed by atoms with van der Waals surface area (Å²) in [5.41, 5.74) is 4.76. The van der Waals surface area contributed by atoms with Gasteiger partial charge in [0.15, 0.2) is 0 Å². The molecule has 0 bridgehead atoms. The van der Waals surface area contributed by atoms with Crippen molar-refractivity contribution in [1.29, 1.82) is 0 Å². The lowest BCUT2D eigenvalue weighted by Crippen LogP contribution is -2.29. The predicted molar refractivity (Wildman–Crippen MR) is 130 cm³/mol. The number of nitrogens with one attached hydrogen (secondary N) is 2. The van der Waals surface area contributed by atoms with Gasteiger partial charge in [-0.15, -0.1) is 0 Å². The highest BCUT2D eigenvalue weighted by atomic mass is 32.2. The van der Waals surface area contributed by atoms with E-state index in [0.717, 1.165) is 37.0 Å². The van der Waals surface area contributed by atoms with Crippen molar-refractivity contribution >= 4 is 43.8 Å². The topological polar surface area (TPSA) is 78.5 Å². The third-order valence-corrected chi connectivity index (χ3v) is 7.52. The van der Waals surface area contributed by atoms with Gasteiger partial charge in [-0.25, -0.2) is 8.42 Å². The molecule has 1 heterocycles. The fourth-order valence-corrected chi connectivity index (χ4v) is 5.81. The summed E-state index contributed by atoms with van der Waals surface area (Å²) in [5, 5.41) is 4.94. The first-order valence-electron chi connectivity index (χ1n) is 11.2. The van der Waals surface area contributed by atoms with Crippen molar-refractivity contribution in [2.45, 2.75) is 32.1 Å². The monoisotopic (exact) mass is 449 g/mol. The molecule has 5 rings (SSSR count). The number of amides is 1. The van der Waals surface area contributed by atoms with E-state index in [9.17, 15) is 13.2 Å². The Morgan fingerprint density at radius 2 is 1.59 bits per heavy atom. The van der Waals surface area contributed by atoms with Crippen LogP contribution >= 0.6 is 0 Å². The van der Waals surface area contributed by atoms with Crippen molar-refractivity contribution in [3.05, 3.63) is 65.7 Å². The van der Waals surface area contributed by atoms with Crippen molar-refractivity contribution in [1.82, 2.24) is 0 Å². The SMILES string of the molecule is O=C(CS(=O)(=O)Nc1ccc(N2CCCCC2)cc1)Nc1ccc2c3c(cccc13)CC2. The van der Waals surface area contributed by atoms with Crippen molar-refractivity contribution < 1.29 is 13.2 Å². The number of sulfonamides is 1. The van der Waals surface area contributed by atoms with Crippen LogP contribution in [0.15, 0.2) is 54.6 Å². The number of piperidine rings is 1. The third kappa shape index (κ3) is 4.30. The molecule has 1 fully saturated rings. The molecule has 0 saturated carbocycles. The van der Waals surface area contributed by atoms with E-state index in [0.29, 0.717) is 11.4 Å². The molecule has 166 valence electrons. The Balaban J connectivity index is 1.25. The number of carbonyl (C=O) groups excluding carboxylic acids is 1. The molecule has 2 aliphatic rings. The lowest BCUT2D eigenvalue weighted by molar-refractivity contribution is -0.113. The van der Waals surface area contributed by atoms with Crippen molar-refractivity contribution in [2.24, 2.45) is 0 Å². The molecular weight excluding hydrogens is 422 g/mol. The highest BCUT2D eigenvalue weighted by Crippen LogP contribution is 2.35. The molecule has 0 unspecified atom stereocenters. The standard InChI is InChI=1S/C25H27N3O3S/c29-24(26-23-14-9-19-8-7-18-5-4-6-22(23)25(18)19)17-32(30,31)27-20-10-12-21(13-11-20)28-15-2-1-3-16-28/h4-6,9-14,27H,1-3,7-8,15-17H2,(H,26,29). The second kappa shape index (κ2) is 8.47. The normalized spacial score (nSPS) is 15.7. The molecule has 0 aromatic heterocycles. The maximum atomic E-state index is 12.6. The van der Waals surface area contributed by atoms with E-state index in [1.807, 2.05) is 36.4 Å². The Hall–Kier alpha value is -3.06. The van der Waals surface area contributed by atoms with Crippen LogP contribution in [0.3, 0.4) is 0 Å². The van der Waals surface area contributed by atoms with Gasteiger partial charge in [0.2, 0.25) is 15.9 Å². The fourth-order valence-electron chi connectivity index (χ4n) is 4.82. The number of hydrogen-bond donors (Lipinski definition) is 2. The first-order valence-corrected chi connectivity index (χ1v) is 12.8. The number of nitrogens with zero attached hydrogens (tertiary/aromatic N) is 1. The number of rotatable bonds is 6. The Kier molecular flexibility index (Phi) is 5.51. The minimum absolute atomic E-state index is 0.462. The Morgan fingerprint density at radius 3 is 2.34 bits per heavy atom. The lowest BCUT2D eigenvalue weighted by Gasteiger charge is -2.28. The summed E-state index contributed by atoms with van der Waals surface area (Å²) in [6.07, 6.45) is 5.63. The molecule has 7 heteroatoms. The minimum atomic E-state index is -3.82. The molecular formula is C25H27N3O3S. The second-order valence-corrected chi connectivity index (χ2v) is 10.3. The van der Waals surface area contributed by atoms with Crippen molar-refractivity contribution in [3.63, 3.8) is 0 Å². The van der Waals surface area contributed by atoms with Gasteiger partial charge < -0.3 is 10.2 Å². The zero-order chi connectivity index (χ0) is 22.1. The van der Waals surface area contributed by atoms with Gasteiger partial charge in [0, 0.05) is 35.5 Å². The second-order valence-electron chi connectivity index (χ2n) is 8.62. The average Bonchev–Trinajstić information content (AvgIpc) is 3.21. The molecule has 1 aliphatic heterocycles. The quantitative estimate of drug-likeness (QED) is 0.588. The summed E-state index contributed by atoms with van der Waals surface area (Å²) in [6, 6.07) is 17.3. The van der Waals surface area contributed by atoms with Crippen LogP contribution in [0, 0.1) is 0 Å². The third-order valence-electron chi connectivity index (χ3n) is 6.33. The highest BCUT2D eigenvalue weighted by Gasteiger charge is 2.20. The van der Waals surface area contributed by atoms with Gasteiger partial charge in [-0.1, -0.05) is 24.3 Å². The van der Waals surface area contributed by atoms with Gasteiger partial charge in [-0.2, -0.15) is 0 Å². The fraction of sp³-hybridized carbons (Fsp3) is 0.320. The molecule has 2 N–H and O–H groups in total. The van der Waals surface area contributed by atoms with Crippen LogP contribution in [0.4, 0.5) is 17.1 Å². The van der Waals surface area contributed by atoms with Crippen molar-refractivity contribution in [3.8, 4) is 0 Å². The van der Waals surface area contributed by atoms with E-state index < -0.39 is 21.7 Å². The molecule has 0 spiro atoms. The zero-order valence-corrected chi connectivity index (χ0v) is 18.7. The lowest BCUT2D eigenvalue weighted by atomic mass is 10.0. The zero-order valence-electron chi connectivity index (χ0n) is 17.9. The van der Waals surface area contributed by atoms with Gasteiger partial charge in [-0.05, 0) is 78.9 Å². The molecule has 3 aromatic carbocycles. The average molecular weight is 450 g/mol. The molecule has 0 radical (unpaired) electrons. The first-order chi connectivity index (χ1) is 15.5. The summed E-state index contributed by atoms with van der Waals surface area (Å²) in [5.74, 6) is -1.19. The van der Waals surface area contributed by atoms with Crippen LogP contribution in [0.5, 0.6) is 0 Å². The van der Waals surface area contributed by atoms with Gasteiger partial charge in [-0.3, -0.25) is 9.52 Å². The largest absolute Gasteiger partial charge is 0.372 e. The smallest absolute Gasteiger partial charge is 0.241 e. The van der Waals surface area contributed by atoms with E-state index in [1.165, 1.54) is 35.8 Å². The Morgan fingerprint density at radius 1 is 0.875 bits per heavy atom. The summed E-state index contributed by atoms with van der Waals surface area (Å²) >= 11 is 0. The van der Waals surface area contributed by atoms with Crippen LogP contribution in [0.2, 0.25) is 0 Å². The van der Waals surface area contributed by atoms with Gasteiger partial charge in [0.05, 0.1) is 0 Å². The maximum Gasteiger partial charge on any atom is 0.241 e. The highest BCUT2D eigenvalue weighted by molar-refractivity contribution is 7.93. The number of benzene rings is 3. The number of hydrogen-bond acceptors (Lipinski definition) is 4.